The number of hydrogen-bond acceptors (Lipinski definition) is 5. The number of anilines is 1. The highest BCUT2D eigenvalue weighted by Crippen LogP contribution is 2.25. The predicted molar refractivity (Wildman–Crippen MR) is 97.8 cm³/mol. The van der Waals surface area contributed by atoms with E-state index >= 15 is 0 Å². The number of hydrogen-bond donors (Lipinski definition) is 0. The second-order valence-corrected chi connectivity index (χ2v) is 5.53. The first-order valence-corrected chi connectivity index (χ1v) is 7.95. The lowest BCUT2D eigenvalue weighted by molar-refractivity contribution is -0.113. The summed E-state index contributed by atoms with van der Waals surface area (Å²) in [4.78, 5) is 23.0. The van der Waals surface area contributed by atoms with Crippen LogP contribution in [0.2, 0.25) is 0 Å². The average Bonchev–Trinajstić information content (AvgIpc) is 3.32. The Morgan fingerprint density at radius 2 is 1.81 bits per heavy atom. The van der Waals surface area contributed by atoms with Gasteiger partial charge in [0.1, 0.15) is 24.1 Å². The molecule has 0 atom stereocenters. The minimum Gasteiger partial charge on any atom is -0.497 e. The Morgan fingerprint density at radius 3 is 2.46 bits per heavy atom. The Bertz CT molecular complexity index is 977. The molecule has 7 nitrogen and oxygen atoms in total. The predicted octanol–water partition coefficient (Wildman–Crippen LogP) is 2.58. The lowest BCUT2D eigenvalue weighted by Crippen LogP contribution is -2.36. The van der Waals surface area contributed by atoms with Crippen molar-refractivity contribution in [1.29, 1.82) is 0 Å². The first-order valence-electron chi connectivity index (χ1n) is 7.95. The Kier molecular flexibility index (Phi) is 4.03. The largest absolute Gasteiger partial charge is 0.497 e. The van der Waals surface area contributed by atoms with E-state index in [1.165, 1.54) is 22.2 Å². The van der Waals surface area contributed by atoms with E-state index in [4.69, 9.17) is 4.74 Å². The molecule has 0 saturated carbocycles. The molecule has 26 heavy (non-hydrogen) atoms. The van der Waals surface area contributed by atoms with Crippen molar-refractivity contribution in [2.24, 2.45) is 4.99 Å². The van der Waals surface area contributed by atoms with Gasteiger partial charge in [0.2, 0.25) is 5.96 Å². The minimum absolute atomic E-state index is 0.225. The molecule has 1 aromatic heterocycles. The van der Waals surface area contributed by atoms with Crippen molar-refractivity contribution in [3.05, 3.63) is 78.5 Å². The lowest BCUT2D eigenvalue weighted by atomic mass is 10.2. The number of carbonyl (C=O) groups excluding carboxylic acids is 1. The van der Waals surface area contributed by atoms with Gasteiger partial charge in [0.05, 0.1) is 12.8 Å². The van der Waals surface area contributed by atoms with Crippen LogP contribution in [0.3, 0.4) is 0 Å². The van der Waals surface area contributed by atoms with Gasteiger partial charge in [-0.25, -0.2) is 14.9 Å². The van der Waals surface area contributed by atoms with Crippen molar-refractivity contribution in [2.75, 3.05) is 12.0 Å². The zero-order chi connectivity index (χ0) is 17.9. The highest BCUT2D eigenvalue weighted by atomic mass is 16.5. The van der Waals surface area contributed by atoms with Gasteiger partial charge in [0.25, 0.3) is 5.91 Å². The summed E-state index contributed by atoms with van der Waals surface area (Å²) >= 11 is 0. The number of nitrogens with zero attached hydrogens (tertiary/aromatic N) is 5. The van der Waals surface area contributed by atoms with Crippen LogP contribution in [0, 0.1) is 0 Å². The van der Waals surface area contributed by atoms with Crippen LogP contribution in [0.1, 0.15) is 5.56 Å². The number of ether oxygens (including phenoxy) is 1. The molecule has 1 aliphatic rings. The molecule has 1 aliphatic heterocycles. The van der Waals surface area contributed by atoms with Crippen molar-refractivity contribution in [3.8, 4) is 5.75 Å². The SMILES string of the molecule is COc1ccc(/C=C2/N=C(n3cncn3)N(c3ccccc3)C2=O)cc1. The third kappa shape index (κ3) is 2.86. The fraction of sp³-hybridized carbons (Fsp3) is 0.0526. The van der Waals surface area contributed by atoms with E-state index in [2.05, 4.69) is 15.1 Å². The number of methoxy groups -OCH3 is 1. The van der Waals surface area contributed by atoms with Crippen LogP contribution in [-0.4, -0.2) is 33.7 Å². The molecule has 0 spiro atoms. The second kappa shape index (κ2) is 6.64. The molecule has 0 unspecified atom stereocenters. The summed E-state index contributed by atoms with van der Waals surface area (Å²) in [6.45, 7) is 0. The van der Waals surface area contributed by atoms with E-state index in [0.717, 1.165) is 11.3 Å². The zero-order valence-electron chi connectivity index (χ0n) is 14.0. The van der Waals surface area contributed by atoms with Crippen LogP contribution in [0.15, 0.2) is 77.9 Å². The first-order chi connectivity index (χ1) is 12.8. The van der Waals surface area contributed by atoms with Crippen LogP contribution in [-0.2, 0) is 4.79 Å². The summed E-state index contributed by atoms with van der Waals surface area (Å²) in [5.74, 6) is 0.915. The number of benzene rings is 2. The minimum atomic E-state index is -0.225. The summed E-state index contributed by atoms with van der Waals surface area (Å²) in [6.07, 6.45) is 4.65. The molecule has 0 aliphatic carbocycles. The van der Waals surface area contributed by atoms with Crippen molar-refractivity contribution in [2.45, 2.75) is 0 Å². The molecule has 128 valence electrons. The maximum Gasteiger partial charge on any atom is 0.283 e. The maximum atomic E-state index is 13.0. The van der Waals surface area contributed by atoms with Gasteiger partial charge in [-0.2, -0.15) is 9.78 Å². The van der Waals surface area contributed by atoms with Gasteiger partial charge in [0, 0.05) is 0 Å². The Morgan fingerprint density at radius 1 is 1.04 bits per heavy atom. The normalized spacial score (nSPS) is 15.4. The second-order valence-electron chi connectivity index (χ2n) is 5.53. The molecule has 0 fully saturated rings. The molecular weight excluding hydrogens is 330 g/mol. The van der Waals surface area contributed by atoms with E-state index in [1.807, 2.05) is 54.6 Å². The average molecular weight is 345 g/mol. The topological polar surface area (TPSA) is 72.6 Å². The summed E-state index contributed by atoms with van der Waals surface area (Å²) in [7, 11) is 1.61. The molecule has 4 rings (SSSR count). The van der Waals surface area contributed by atoms with Crippen molar-refractivity contribution in [1.82, 2.24) is 14.8 Å². The van der Waals surface area contributed by atoms with Crippen LogP contribution >= 0.6 is 0 Å². The summed E-state index contributed by atoms with van der Waals surface area (Å²) in [6, 6.07) is 16.7. The van der Waals surface area contributed by atoms with Crippen molar-refractivity contribution in [3.63, 3.8) is 0 Å². The molecular formula is C19H15N5O2. The zero-order valence-corrected chi connectivity index (χ0v) is 14.0. The van der Waals surface area contributed by atoms with Gasteiger partial charge in [0.15, 0.2) is 0 Å². The third-order valence-electron chi connectivity index (χ3n) is 3.90. The van der Waals surface area contributed by atoms with Gasteiger partial charge in [-0.1, -0.05) is 30.3 Å². The van der Waals surface area contributed by atoms with E-state index in [1.54, 1.807) is 13.2 Å². The van der Waals surface area contributed by atoms with E-state index in [9.17, 15) is 4.79 Å². The Hall–Kier alpha value is -3.74. The highest BCUT2D eigenvalue weighted by molar-refractivity contribution is 6.28. The lowest BCUT2D eigenvalue weighted by Gasteiger charge is -2.17. The van der Waals surface area contributed by atoms with Crippen LogP contribution < -0.4 is 9.64 Å². The number of aromatic nitrogens is 3. The Balaban J connectivity index is 1.76. The molecule has 7 heteroatoms. The van der Waals surface area contributed by atoms with Gasteiger partial charge < -0.3 is 4.74 Å². The van der Waals surface area contributed by atoms with Crippen LogP contribution in [0.5, 0.6) is 5.75 Å². The van der Waals surface area contributed by atoms with Crippen molar-refractivity contribution < 1.29 is 9.53 Å². The van der Waals surface area contributed by atoms with Gasteiger partial charge in [-0.05, 0) is 35.9 Å². The number of aliphatic imine (C=N–C) groups is 1. The molecule has 0 N–H and O–H groups in total. The Labute approximate surface area is 149 Å². The first kappa shape index (κ1) is 15.8. The fourth-order valence-corrected chi connectivity index (χ4v) is 2.64. The van der Waals surface area contributed by atoms with Gasteiger partial charge in [-0.3, -0.25) is 4.79 Å². The third-order valence-corrected chi connectivity index (χ3v) is 3.90. The van der Waals surface area contributed by atoms with Gasteiger partial charge >= 0.3 is 0 Å². The van der Waals surface area contributed by atoms with Crippen LogP contribution in [0.25, 0.3) is 6.08 Å². The number of para-hydroxylation sites is 1. The quantitative estimate of drug-likeness (QED) is 0.684. The van der Waals surface area contributed by atoms with E-state index in [0.29, 0.717) is 17.3 Å². The van der Waals surface area contributed by atoms with Crippen molar-refractivity contribution >= 4 is 23.6 Å². The highest BCUT2D eigenvalue weighted by Gasteiger charge is 2.33. The number of carbonyl (C=O) groups is 1. The number of amides is 1. The molecule has 0 radical (unpaired) electrons. The number of rotatable bonds is 3. The smallest absolute Gasteiger partial charge is 0.283 e. The molecule has 2 aromatic carbocycles. The molecule has 3 aromatic rings. The van der Waals surface area contributed by atoms with E-state index < -0.39 is 0 Å². The molecule has 1 amide bonds. The van der Waals surface area contributed by atoms with Gasteiger partial charge in [-0.15, -0.1) is 0 Å². The van der Waals surface area contributed by atoms with Crippen LogP contribution in [0.4, 0.5) is 5.69 Å². The maximum absolute atomic E-state index is 13.0. The fourth-order valence-electron chi connectivity index (χ4n) is 2.64. The summed E-state index contributed by atoms with van der Waals surface area (Å²) < 4.78 is 6.63. The molecule has 2 heterocycles. The molecule has 0 bridgehead atoms. The summed E-state index contributed by atoms with van der Waals surface area (Å²) in [5, 5.41) is 4.11. The standard InChI is InChI=1S/C19H15N5O2/c1-26-16-9-7-14(8-10-16)11-17-18(25)24(15-5-3-2-4-6-15)19(22-17)23-13-20-12-21-23/h2-13H,1H3/b17-11+. The monoisotopic (exact) mass is 345 g/mol. The summed E-state index contributed by atoms with van der Waals surface area (Å²) in [5.41, 5.74) is 1.89. The van der Waals surface area contributed by atoms with E-state index in [-0.39, 0.29) is 5.91 Å². The molecule has 0 saturated heterocycles.